The molecule has 96 valence electrons. The number of ether oxygens (including phenoxy) is 3. The molecule has 1 aromatic carbocycles. The van der Waals surface area contributed by atoms with Gasteiger partial charge in [-0.2, -0.15) is 0 Å². The van der Waals surface area contributed by atoms with E-state index in [4.69, 9.17) is 9.47 Å². The van der Waals surface area contributed by atoms with Crippen molar-refractivity contribution in [3.63, 3.8) is 0 Å². The second-order valence-corrected chi connectivity index (χ2v) is 3.91. The number of hydrogen-bond donors (Lipinski definition) is 0. The lowest BCUT2D eigenvalue weighted by Crippen LogP contribution is -2.19. The number of esters is 1. The van der Waals surface area contributed by atoms with E-state index in [-0.39, 0.29) is 18.2 Å². The van der Waals surface area contributed by atoms with Gasteiger partial charge in [0.2, 0.25) is 0 Å². The molecular formula is C13H14O5. The fourth-order valence-electron chi connectivity index (χ4n) is 1.96. The fourth-order valence-corrected chi connectivity index (χ4v) is 1.96. The normalized spacial score (nSPS) is 13.6. The van der Waals surface area contributed by atoms with E-state index < -0.39 is 0 Å². The van der Waals surface area contributed by atoms with Crippen LogP contribution >= 0.6 is 0 Å². The summed E-state index contributed by atoms with van der Waals surface area (Å²) < 4.78 is 15.2. The molecule has 1 heterocycles. The SMILES string of the molecule is COC(=O)Cc1ccc(OC)c2c1C(=O)CCO2. The Morgan fingerprint density at radius 2 is 2.17 bits per heavy atom. The van der Waals surface area contributed by atoms with Gasteiger partial charge < -0.3 is 14.2 Å². The minimum Gasteiger partial charge on any atom is -0.493 e. The molecule has 1 aliphatic rings. The van der Waals surface area contributed by atoms with E-state index in [2.05, 4.69) is 4.74 Å². The van der Waals surface area contributed by atoms with E-state index in [9.17, 15) is 9.59 Å². The van der Waals surface area contributed by atoms with Crippen molar-refractivity contribution < 1.29 is 23.8 Å². The highest BCUT2D eigenvalue weighted by Gasteiger charge is 2.26. The maximum Gasteiger partial charge on any atom is 0.310 e. The summed E-state index contributed by atoms with van der Waals surface area (Å²) in [7, 11) is 2.83. The van der Waals surface area contributed by atoms with Gasteiger partial charge >= 0.3 is 5.97 Å². The molecular weight excluding hydrogens is 236 g/mol. The average Bonchev–Trinajstić information content (AvgIpc) is 2.39. The predicted octanol–water partition coefficient (Wildman–Crippen LogP) is 1.38. The van der Waals surface area contributed by atoms with Gasteiger partial charge in [-0.3, -0.25) is 9.59 Å². The van der Waals surface area contributed by atoms with Crippen LogP contribution in [0.15, 0.2) is 12.1 Å². The summed E-state index contributed by atoms with van der Waals surface area (Å²) >= 11 is 0. The summed E-state index contributed by atoms with van der Waals surface area (Å²) in [5, 5.41) is 0. The predicted molar refractivity (Wildman–Crippen MR) is 63.2 cm³/mol. The molecule has 0 amide bonds. The van der Waals surface area contributed by atoms with Crippen molar-refractivity contribution in [3.8, 4) is 11.5 Å². The van der Waals surface area contributed by atoms with Crippen molar-refractivity contribution in [1.82, 2.24) is 0 Å². The van der Waals surface area contributed by atoms with Gasteiger partial charge in [0.1, 0.15) is 0 Å². The van der Waals surface area contributed by atoms with Crippen LogP contribution in [0, 0.1) is 0 Å². The molecule has 0 N–H and O–H groups in total. The summed E-state index contributed by atoms with van der Waals surface area (Å²) in [4.78, 5) is 23.3. The molecule has 0 spiro atoms. The van der Waals surface area contributed by atoms with Crippen LogP contribution in [0.4, 0.5) is 0 Å². The molecule has 0 saturated carbocycles. The number of rotatable bonds is 3. The van der Waals surface area contributed by atoms with Gasteiger partial charge in [0.05, 0.1) is 32.8 Å². The zero-order valence-electron chi connectivity index (χ0n) is 10.3. The Labute approximate surface area is 105 Å². The monoisotopic (exact) mass is 250 g/mol. The molecule has 5 nitrogen and oxygen atoms in total. The maximum absolute atomic E-state index is 12.0. The van der Waals surface area contributed by atoms with E-state index in [1.807, 2.05) is 0 Å². The van der Waals surface area contributed by atoms with Gasteiger partial charge in [-0.15, -0.1) is 0 Å². The lowest BCUT2D eigenvalue weighted by atomic mass is 9.96. The summed E-state index contributed by atoms with van der Waals surface area (Å²) in [5.41, 5.74) is 1.05. The first-order chi connectivity index (χ1) is 8.67. The Morgan fingerprint density at radius 3 is 2.83 bits per heavy atom. The second-order valence-electron chi connectivity index (χ2n) is 3.91. The summed E-state index contributed by atoms with van der Waals surface area (Å²) in [6, 6.07) is 3.39. The van der Waals surface area contributed by atoms with Crippen molar-refractivity contribution in [2.24, 2.45) is 0 Å². The zero-order chi connectivity index (χ0) is 13.1. The Morgan fingerprint density at radius 1 is 1.39 bits per heavy atom. The Hall–Kier alpha value is -2.04. The van der Waals surface area contributed by atoms with Crippen LogP contribution in [0.25, 0.3) is 0 Å². The van der Waals surface area contributed by atoms with Gasteiger partial charge in [0.25, 0.3) is 0 Å². The van der Waals surface area contributed by atoms with Crippen LogP contribution in [-0.2, 0) is 16.0 Å². The number of fused-ring (bicyclic) bond motifs is 1. The van der Waals surface area contributed by atoms with Crippen molar-refractivity contribution >= 4 is 11.8 Å². The average molecular weight is 250 g/mol. The molecule has 0 atom stereocenters. The molecule has 1 aromatic rings. The molecule has 0 saturated heterocycles. The number of ketones is 1. The van der Waals surface area contributed by atoms with Crippen LogP contribution < -0.4 is 9.47 Å². The second kappa shape index (κ2) is 5.08. The number of carbonyl (C=O) groups is 2. The third kappa shape index (κ3) is 2.16. The van der Waals surface area contributed by atoms with Gasteiger partial charge in [-0.25, -0.2) is 0 Å². The molecule has 1 aliphatic heterocycles. The quantitative estimate of drug-likeness (QED) is 0.758. The van der Waals surface area contributed by atoms with E-state index in [1.165, 1.54) is 14.2 Å². The first-order valence-electron chi connectivity index (χ1n) is 5.60. The molecule has 2 rings (SSSR count). The first-order valence-corrected chi connectivity index (χ1v) is 5.60. The van der Waals surface area contributed by atoms with Crippen LogP contribution in [0.5, 0.6) is 11.5 Å². The van der Waals surface area contributed by atoms with Gasteiger partial charge in [0.15, 0.2) is 17.3 Å². The van der Waals surface area contributed by atoms with Crippen LogP contribution in [0.3, 0.4) is 0 Å². The lowest BCUT2D eigenvalue weighted by Gasteiger charge is -2.21. The summed E-state index contributed by atoms with van der Waals surface area (Å²) in [5.74, 6) is 0.511. The first kappa shape index (κ1) is 12.4. The summed E-state index contributed by atoms with van der Waals surface area (Å²) in [6.07, 6.45) is 0.367. The van der Waals surface area contributed by atoms with Crippen molar-refractivity contribution in [1.29, 1.82) is 0 Å². The third-order valence-electron chi connectivity index (χ3n) is 2.84. The minimum absolute atomic E-state index is 0.0333. The Bertz CT molecular complexity index is 492. The van der Waals surface area contributed by atoms with Gasteiger partial charge in [0, 0.05) is 6.42 Å². The molecule has 0 aliphatic carbocycles. The van der Waals surface area contributed by atoms with Crippen LogP contribution in [0.2, 0.25) is 0 Å². The van der Waals surface area contributed by atoms with Crippen molar-refractivity contribution in [3.05, 3.63) is 23.3 Å². The number of Topliss-reactive ketones (excluding diaryl/α,β-unsaturated/α-hetero) is 1. The van der Waals surface area contributed by atoms with Crippen LogP contribution in [0.1, 0.15) is 22.3 Å². The Balaban J connectivity index is 2.48. The molecule has 0 bridgehead atoms. The molecule has 18 heavy (non-hydrogen) atoms. The fraction of sp³-hybridized carbons (Fsp3) is 0.385. The number of methoxy groups -OCH3 is 2. The standard InChI is InChI=1S/C13H14O5/c1-16-10-4-3-8(7-11(15)17-2)12-9(14)5-6-18-13(10)12/h3-4H,5-7H2,1-2H3. The third-order valence-corrected chi connectivity index (χ3v) is 2.84. The number of benzene rings is 1. The van der Waals surface area contributed by atoms with Gasteiger partial charge in [-0.1, -0.05) is 6.07 Å². The highest BCUT2D eigenvalue weighted by molar-refractivity contribution is 6.02. The van der Waals surface area contributed by atoms with Crippen LogP contribution in [-0.4, -0.2) is 32.6 Å². The molecule has 5 heteroatoms. The Kier molecular flexibility index (Phi) is 3.50. The van der Waals surface area contributed by atoms with E-state index in [0.29, 0.717) is 35.7 Å². The maximum atomic E-state index is 12.0. The smallest absolute Gasteiger partial charge is 0.310 e. The van der Waals surface area contributed by atoms with Crippen molar-refractivity contribution in [2.45, 2.75) is 12.8 Å². The number of carbonyl (C=O) groups excluding carboxylic acids is 2. The van der Waals surface area contributed by atoms with Crippen molar-refractivity contribution in [2.75, 3.05) is 20.8 Å². The highest BCUT2D eigenvalue weighted by Crippen LogP contribution is 2.37. The van der Waals surface area contributed by atoms with E-state index in [1.54, 1.807) is 12.1 Å². The topological polar surface area (TPSA) is 61.8 Å². The largest absolute Gasteiger partial charge is 0.493 e. The summed E-state index contributed by atoms with van der Waals surface area (Å²) in [6.45, 7) is 0.337. The highest BCUT2D eigenvalue weighted by atomic mass is 16.5. The molecule has 0 radical (unpaired) electrons. The molecule has 0 fully saturated rings. The van der Waals surface area contributed by atoms with E-state index >= 15 is 0 Å². The zero-order valence-corrected chi connectivity index (χ0v) is 10.3. The molecule has 0 aromatic heterocycles. The lowest BCUT2D eigenvalue weighted by molar-refractivity contribution is -0.139. The van der Waals surface area contributed by atoms with E-state index in [0.717, 1.165) is 0 Å². The minimum atomic E-state index is -0.388. The molecule has 0 unspecified atom stereocenters. The number of hydrogen-bond acceptors (Lipinski definition) is 5. The van der Waals surface area contributed by atoms with Gasteiger partial charge in [-0.05, 0) is 11.6 Å².